The summed E-state index contributed by atoms with van der Waals surface area (Å²) >= 11 is 0. The van der Waals surface area contributed by atoms with Crippen molar-refractivity contribution in [2.45, 2.75) is 52.4 Å². The van der Waals surface area contributed by atoms with Crippen LogP contribution in [0.5, 0.6) is 0 Å². The van der Waals surface area contributed by atoms with Crippen LogP contribution in [-0.4, -0.2) is 42.8 Å². The van der Waals surface area contributed by atoms with Crippen molar-refractivity contribution in [3.63, 3.8) is 0 Å². The Hall–Kier alpha value is -0.550. The molecule has 0 saturated carbocycles. The monoisotopic (exact) mass is 278 g/mol. The predicted molar refractivity (Wildman–Crippen MR) is 72.1 cm³/mol. The zero-order chi connectivity index (χ0) is 14.6. The van der Waals surface area contributed by atoms with Crippen LogP contribution in [0.2, 0.25) is 0 Å². The van der Waals surface area contributed by atoms with E-state index < -0.39 is 6.18 Å². The third kappa shape index (κ3) is 5.15. The molecule has 1 N–H and O–H groups in total. The van der Waals surface area contributed by atoms with Crippen LogP contribution in [0.25, 0.3) is 0 Å². The van der Waals surface area contributed by atoms with Crippen molar-refractivity contribution in [2.24, 2.45) is 5.92 Å². The lowest BCUT2D eigenvalue weighted by Crippen LogP contribution is -2.49. The predicted octanol–water partition coefficient (Wildman–Crippen LogP) is 3.20. The standard InChI is InChI=1S/C14H25F3N2/c1-10(2)13(9-18-11(3)4)19-7-5-12(6-8-19)14(15,16)17/h5,10-11,13,18H,6-9H2,1-4H3. The van der Waals surface area contributed by atoms with Gasteiger partial charge in [-0.1, -0.05) is 33.8 Å². The minimum absolute atomic E-state index is 0.106. The topological polar surface area (TPSA) is 15.3 Å². The highest BCUT2D eigenvalue weighted by atomic mass is 19.4. The molecule has 0 amide bonds. The van der Waals surface area contributed by atoms with Crippen LogP contribution < -0.4 is 5.32 Å². The third-order valence-corrected chi connectivity index (χ3v) is 3.58. The van der Waals surface area contributed by atoms with Gasteiger partial charge in [0.1, 0.15) is 0 Å². The highest BCUT2D eigenvalue weighted by molar-refractivity contribution is 5.13. The van der Waals surface area contributed by atoms with Gasteiger partial charge in [0.2, 0.25) is 0 Å². The molecule has 0 aromatic rings. The molecule has 1 heterocycles. The number of rotatable bonds is 5. The summed E-state index contributed by atoms with van der Waals surface area (Å²) in [6.07, 6.45) is -2.71. The molecule has 0 aromatic carbocycles. The lowest BCUT2D eigenvalue weighted by atomic mass is 9.98. The number of halogens is 3. The van der Waals surface area contributed by atoms with Crippen molar-refractivity contribution >= 4 is 0 Å². The van der Waals surface area contributed by atoms with Crippen molar-refractivity contribution in [1.82, 2.24) is 10.2 Å². The van der Waals surface area contributed by atoms with Crippen LogP contribution in [0, 0.1) is 5.92 Å². The van der Waals surface area contributed by atoms with Crippen LogP contribution in [0.3, 0.4) is 0 Å². The summed E-state index contributed by atoms with van der Waals surface area (Å²) in [6.45, 7) is 10.1. The average Bonchev–Trinajstić information content (AvgIpc) is 2.27. The van der Waals surface area contributed by atoms with Gasteiger partial charge >= 0.3 is 6.18 Å². The second-order valence-corrected chi connectivity index (χ2v) is 5.85. The van der Waals surface area contributed by atoms with E-state index in [1.54, 1.807) is 0 Å². The first-order valence-corrected chi connectivity index (χ1v) is 6.95. The van der Waals surface area contributed by atoms with E-state index in [9.17, 15) is 13.2 Å². The zero-order valence-electron chi connectivity index (χ0n) is 12.2. The number of alkyl halides is 3. The maximum Gasteiger partial charge on any atom is 0.412 e. The largest absolute Gasteiger partial charge is 0.412 e. The Balaban J connectivity index is 2.62. The van der Waals surface area contributed by atoms with E-state index >= 15 is 0 Å². The minimum Gasteiger partial charge on any atom is -0.313 e. The van der Waals surface area contributed by atoms with Gasteiger partial charge in [0.05, 0.1) is 0 Å². The Kier molecular flexibility index (Phi) is 5.86. The molecule has 2 nitrogen and oxygen atoms in total. The first-order chi connectivity index (χ1) is 8.71. The van der Waals surface area contributed by atoms with Gasteiger partial charge in [0.15, 0.2) is 0 Å². The van der Waals surface area contributed by atoms with E-state index in [1.807, 2.05) is 0 Å². The van der Waals surface area contributed by atoms with E-state index in [-0.39, 0.29) is 18.0 Å². The van der Waals surface area contributed by atoms with Gasteiger partial charge in [-0.15, -0.1) is 0 Å². The molecule has 0 bridgehead atoms. The molecule has 112 valence electrons. The lowest BCUT2D eigenvalue weighted by molar-refractivity contribution is -0.0965. The Bertz CT molecular complexity index is 308. The molecule has 1 atom stereocenters. The highest BCUT2D eigenvalue weighted by Gasteiger charge is 2.36. The van der Waals surface area contributed by atoms with Crippen LogP contribution in [0.1, 0.15) is 34.1 Å². The highest BCUT2D eigenvalue weighted by Crippen LogP contribution is 2.31. The number of nitrogens with zero attached hydrogens (tertiary/aromatic N) is 1. The van der Waals surface area contributed by atoms with Crippen LogP contribution in [-0.2, 0) is 0 Å². The van der Waals surface area contributed by atoms with Gasteiger partial charge in [-0.25, -0.2) is 0 Å². The fourth-order valence-electron chi connectivity index (χ4n) is 2.39. The van der Waals surface area contributed by atoms with E-state index in [0.29, 0.717) is 25.0 Å². The van der Waals surface area contributed by atoms with E-state index in [1.165, 1.54) is 6.08 Å². The van der Waals surface area contributed by atoms with Gasteiger partial charge in [-0.05, 0) is 12.3 Å². The van der Waals surface area contributed by atoms with Crippen molar-refractivity contribution in [1.29, 1.82) is 0 Å². The maximum absolute atomic E-state index is 12.6. The molecule has 1 rings (SSSR count). The molecule has 1 aliphatic rings. The van der Waals surface area contributed by atoms with Crippen molar-refractivity contribution in [2.75, 3.05) is 19.6 Å². The molecular formula is C14H25F3N2. The molecule has 0 fully saturated rings. The second kappa shape index (κ2) is 6.75. The Labute approximate surface area is 114 Å². The quantitative estimate of drug-likeness (QED) is 0.777. The molecule has 0 radical (unpaired) electrons. The number of hydrogen-bond acceptors (Lipinski definition) is 2. The Morgan fingerprint density at radius 3 is 2.26 bits per heavy atom. The van der Waals surface area contributed by atoms with Crippen LogP contribution in [0.4, 0.5) is 13.2 Å². The van der Waals surface area contributed by atoms with Crippen LogP contribution >= 0.6 is 0 Å². The maximum atomic E-state index is 12.6. The Morgan fingerprint density at radius 2 is 1.89 bits per heavy atom. The van der Waals surface area contributed by atoms with E-state index in [2.05, 4.69) is 37.9 Å². The summed E-state index contributed by atoms with van der Waals surface area (Å²) < 4.78 is 37.7. The molecule has 0 aromatic heterocycles. The molecular weight excluding hydrogens is 253 g/mol. The Morgan fingerprint density at radius 1 is 1.26 bits per heavy atom. The van der Waals surface area contributed by atoms with Gasteiger partial charge in [0, 0.05) is 37.3 Å². The van der Waals surface area contributed by atoms with Crippen molar-refractivity contribution in [3.05, 3.63) is 11.6 Å². The molecule has 19 heavy (non-hydrogen) atoms. The van der Waals surface area contributed by atoms with E-state index in [4.69, 9.17) is 0 Å². The van der Waals surface area contributed by atoms with Gasteiger partial charge in [0.25, 0.3) is 0 Å². The van der Waals surface area contributed by atoms with Gasteiger partial charge < -0.3 is 5.32 Å². The minimum atomic E-state index is -4.16. The molecule has 1 aliphatic heterocycles. The normalized spacial score (nSPS) is 19.9. The summed E-state index contributed by atoms with van der Waals surface area (Å²) in [4.78, 5) is 2.15. The van der Waals surface area contributed by atoms with Crippen molar-refractivity contribution in [3.8, 4) is 0 Å². The number of nitrogens with one attached hydrogen (secondary N) is 1. The molecule has 1 unspecified atom stereocenters. The summed E-state index contributed by atoms with van der Waals surface area (Å²) in [6, 6.07) is 0.681. The summed E-state index contributed by atoms with van der Waals surface area (Å²) in [5.74, 6) is 0.423. The molecule has 0 saturated heterocycles. The summed E-state index contributed by atoms with van der Waals surface area (Å²) in [7, 11) is 0. The van der Waals surface area contributed by atoms with Crippen molar-refractivity contribution < 1.29 is 13.2 Å². The summed E-state index contributed by atoms with van der Waals surface area (Å²) in [5.41, 5.74) is -0.372. The van der Waals surface area contributed by atoms with E-state index in [0.717, 1.165) is 6.54 Å². The first kappa shape index (κ1) is 16.5. The number of hydrogen-bond donors (Lipinski definition) is 1. The lowest BCUT2D eigenvalue weighted by Gasteiger charge is -2.37. The SMILES string of the molecule is CC(C)NCC(C(C)C)N1CC=C(C(F)(F)F)CC1. The zero-order valence-corrected chi connectivity index (χ0v) is 12.2. The second-order valence-electron chi connectivity index (χ2n) is 5.85. The fourth-order valence-corrected chi connectivity index (χ4v) is 2.39. The van der Waals surface area contributed by atoms with Crippen LogP contribution in [0.15, 0.2) is 11.6 Å². The smallest absolute Gasteiger partial charge is 0.313 e. The van der Waals surface area contributed by atoms with Gasteiger partial charge in [-0.3, -0.25) is 4.90 Å². The molecule has 5 heteroatoms. The van der Waals surface area contributed by atoms with Gasteiger partial charge in [-0.2, -0.15) is 13.2 Å². The third-order valence-electron chi connectivity index (χ3n) is 3.58. The molecule has 0 aliphatic carbocycles. The first-order valence-electron chi connectivity index (χ1n) is 6.95. The summed E-state index contributed by atoms with van der Waals surface area (Å²) in [5, 5.41) is 3.38. The molecule has 0 spiro atoms. The fraction of sp³-hybridized carbons (Fsp3) is 0.857. The average molecular weight is 278 g/mol.